The van der Waals surface area contributed by atoms with Gasteiger partial charge in [0.25, 0.3) is 0 Å². The largest absolute Gasteiger partial charge is 0.281 e. The molecule has 0 aromatic rings. The Kier molecular flexibility index (Phi) is 3.77. The minimum absolute atomic E-state index is 0.0249. The van der Waals surface area contributed by atoms with Gasteiger partial charge in [0.15, 0.2) is 0 Å². The number of carbonyl (C=O) groups is 1. The van der Waals surface area contributed by atoms with Gasteiger partial charge in [-0.3, -0.25) is 4.79 Å². The molecule has 0 unspecified atom stereocenters. The SMILES string of the molecule is CC(C)(C)CC(C)(C)CC(=O)Cl. The maximum Gasteiger partial charge on any atom is 0.222 e. The van der Waals surface area contributed by atoms with Crippen LogP contribution in [-0.2, 0) is 4.79 Å². The molecule has 2 heteroatoms. The Morgan fingerprint density at radius 2 is 1.58 bits per heavy atom. The van der Waals surface area contributed by atoms with Crippen LogP contribution in [0.4, 0.5) is 0 Å². The van der Waals surface area contributed by atoms with Crippen LogP contribution < -0.4 is 0 Å². The van der Waals surface area contributed by atoms with Crippen molar-refractivity contribution < 1.29 is 4.79 Å². The van der Waals surface area contributed by atoms with E-state index < -0.39 is 0 Å². The second kappa shape index (κ2) is 3.78. The van der Waals surface area contributed by atoms with Crippen LogP contribution in [0.1, 0.15) is 47.5 Å². The predicted octanol–water partition coefficient (Wildman–Crippen LogP) is 3.60. The average Bonchev–Trinajstić information content (AvgIpc) is 1.48. The number of hydrogen-bond donors (Lipinski definition) is 0. The van der Waals surface area contributed by atoms with E-state index in [4.69, 9.17) is 11.6 Å². The fourth-order valence-corrected chi connectivity index (χ4v) is 2.24. The number of carbonyl (C=O) groups excluding carboxylic acids is 1. The standard InChI is InChI=1S/C10H19ClO/c1-9(2,3)7-10(4,5)6-8(11)12/h6-7H2,1-5H3. The molecule has 0 heterocycles. The topological polar surface area (TPSA) is 17.1 Å². The van der Waals surface area contributed by atoms with Crippen molar-refractivity contribution >= 4 is 16.8 Å². The molecule has 0 N–H and O–H groups in total. The Balaban J connectivity index is 4.13. The summed E-state index contributed by atoms with van der Waals surface area (Å²) in [6, 6.07) is 0. The molecule has 0 aliphatic rings. The number of rotatable bonds is 3. The van der Waals surface area contributed by atoms with Gasteiger partial charge in [-0.25, -0.2) is 0 Å². The van der Waals surface area contributed by atoms with E-state index in [1.165, 1.54) is 0 Å². The van der Waals surface area contributed by atoms with E-state index in [9.17, 15) is 4.79 Å². The van der Waals surface area contributed by atoms with Crippen molar-refractivity contribution in [2.75, 3.05) is 0 Å². The molecule has 0 bridgehead atoms. The molecule has 0 amide bonds. The van der Waals surface area contributed by atoms with Crippen LogP contribution in [0, 0.1) is 10.8 Å². The van der Waals surface area contributed by atoms with Gasteiger partial charge in [0.1, 0.15) is 0 Å². The van der Waals surface area contributed by atoms with Crippen molar-refractivity contribution in [1.82, 2.24) is 0 Å². The average molecular weight is 191 g/mol. The highest BCUT2D eigenvalue weighted by Gasteiger charge is 2.27. The summed E-state index contributed by atoms with van der Waals surface area (Å²) in [7, 11) is 0. The van der Waals surface area contributed by atoms with E-state index in [2.05, 4.69) is 34.6 Å². The summed E-state index contributed by atoms with van der Waals surface area (Å²) < 4.78 is 0. The summed E-state index contributed by atoms with van der Waals surface area (Å²) >= 11 is 5.35. The van der Waals surface area contributed by atoms with Crippen LogP contribution in [0.25, 0.3) is 0 Å². The van der Waals surface area contributed by atoms with Gasteiger partial charge in [-0.1, -0.05) is 34.6 Å². The minimum atomic E-state index is -0.232. The smallest absolute Gasteiger partial charge is 0.222 e. The third kappa shape index (κ3) is 6.66. The fraction of sp³-hybridized carbons (Fsp3) is 0.900. The molecule has 0 aromatic heterocycles. The van der Waals surface area contributed by atoms with E-state index in [-0.39, 0.29) is 16.1 Å². The first-order valence-corrected chi connectivity index (χ1v) is 4.69. The van der Waals surface area contributed by atoms with Crippen molar-refractivity contribution in [1.29, 1.82) is 0 Å². The van der Waals surface area contributed by atoms with Gasteiger partial charge in [0.2, 0.25) is 5.24 Å². The summed E-state index contributed by atoms with van der Waals surface area (Å²) in [4.78, 5) is 10.7. The van der Waals surface area contributed by atoms with Gasteiger partial charge in [-0.15, -0.1) is 0 Å². The Morgan fingerprint density at radius 3 is 1.83 bits per heavy atom. The van der Waals surface area contributed by atoms with Crippen molar-refractivity contribution in [3.63, 3.8) is 0 Å². The van der Waals surface area contributed by atoms with Crippen LogP contribution in [0.5, 0.6) is 0 Å². The highest BCUT2D eigenvalue weighted by atomic mass is 35.5. The van der Waals surface area contributed by atoms with E-state index in [1.807, 2.05) is 0 Å². The summed E-state index contributed by atoms with van der Waals surface area (Å²) in [5, 5.41) is -0.232. The third-order valence-corrected chi connectivity index (χ3v) is 1.76. The van der Waals surface area contributed by atoms with Crippen molar-refractivity contribution in [2.45, 2.75) is 47.5 Å². The Hall–Kier alpha value is -0.0400. The van der Waals surface area contributed by atoms with Gasteiger partial charge in [0, 0.05) is 6.42 Å². The fourth-order valence-electron chi connectivity index (χ4n) is 1.87. The molecule has 0 aliphatic carbocycles. The highest BCUT2D eigenvalue weighted by Crippen LogP contribution is 2.36. The first-order chi connectivity index (χ1) is 5.12. The molecule has 0 rings (SSSR count). The Bertz CT molecular complexity index is 165. The van der Waals surface area contributed by atoms with E-state index in [1.54, 1.807) is 0 Å². The maximum absolute atomic E-state index is 10.7. The molecule has 0 saturated heterocycles. The summed E-state index contributed by atoms with van der Waals surface area (Å²) in [6.07, 6.45) is 1.48. The van der Waals surface area contributed by atoms with Crippen LogP contribution in [0.15, 0.2) is 0 Å². The van der Waals surface area contributed by atoms with Crippen molar-refractivity contribution in [2.24, 2.45) is 10.8 Å². The van der Waals surface area contributed by atoms with E-state index in [0.717, 1.165) is 6.42 Å². The van der Waals surface area contributed by atoms with Crippen LogP contribution >= 0.6 is 11.6 Å². The van der Waals surface area contributed by atoms with Gasteiger partial charge in [0.05, 0.1) is 0 Å². The lowest BCUT2D eigenvalue weighted by Gasteiger charge is -2.31. The second-order valence-electron chi connectivity index (χ2n) is 5.43. The molecule has 72 valence electrons. The van der Waals surface area contributed by atoms with Crippen LogP contribution in [0.2, 0.25) is 0 Å². The lowest BCUT2D eigenvalue weighted by atomic mass is 9.75. The molecule has 0 spiro atoms. The molecule has 0 aliphatic heterocycles. The monoisotopic (exact) mass is 190 g/mol. The van der Waals surface area contributed by atoms with Crippen LogP contribution in [-0.4, -0.2) is 5.24 Å². The lowest BCUT2D eigenvalue weighted by Crippen LogP contribution is -2.22. The Morgan fingerprint density at radius 1 is 1.17 bits per heavy atom. The Labute approximate surface area is 80.5 Å². The molecule has 0 radical (unpaired) electrons. The van der Waals surface area contributed by atoms with Gasteiger partial charge >= 0.3 is 0 Å². The summed E-state index contributed by atoms with van der Waals surface area (Å²) in [5.74, 6) is 0. The van der Waals surface area contributed by atoms with Gasteiger partial charge in [-0.2, -0.15) is 0 Å². The normalized spacial score (nSPS) is 13.2. The predicted molar refractivity (Wildman–Crippen MR) is 53.3 cm³/mol. The molecular weight excluding hydrogens is 172 g/mol. The second-order valence-corrected chi connectivity index (χ2v) is 5.86. The quantitative estimate of drug-likeness (QED) is 0.622. The van der Waals surface area contributed by atoms with Gasteiger partial charge < -0.3 is 0 Å². The van der Waals surface area contributed by atoms with Crippen LogP contribution in [0.3, 0.4) is 0 Å². The zero-order valence-electron chi connectivity index (χ0n) is 8.70. The molecule has 0 atom stereocenters. The first-order valence-electron chi connectivity index (χ1n) is 4.31. The molecule has 0 saturated carbocycles. The molecule has 1 nitrogen and oxygen atoms in total. The molecule has 0 fully saturated rings. The maximum atomic E-state index is 10.7. The molecular formula is C10H19ClO. The van der Waals surface area contributed by atoms with Crippen molar-refractivity contribution in [3.8, 4) is 0 Å². The molecule has 0 aromatic carbocycles. The number of hydrogen-bond acceptors (Lipinski definition) is 1. The summed E-state index contributed by atoms with van der Waals surface area (Å²) in [6.45, 7) is 10.7. The minimum Gasteiger partial charge on any atom is -0.281 e. The number of halogens is 1. The van der Waals surface area contributed by atoms with E-state index in [0.29, 0.717) is 6.42 Å². The lowest BCUT2D eigenvalue weighted by molar-refractivity contribution is -0.113. The third-order valence-electron chi connectivity index (χ3n) is 1.63. The highest BCUT2D eigenvalue weighted by molar-refractivity contribution is 6.63. The summed E-state index contributed by atoms with van der Waals surface area (Å²) in [5.41, 5.74) is 0.285. The zero-order valence-corrected chi connectivity index (χ0v) is 9.46. The van der Waals surface area contributed by atoms with Crippen molar-refractivity contribution in [3.05, 3.63) is 0 Å². The molecule has 12 heavy (non-hydrogen) atoms. The van der Waals surface area contributed by atoms with Gasteiger partial charge in [-0.05, 0) is 28.9 Å². The first kappa shape index (κ1) is 12.0. The van der Waals surface area contributed by atoms with E-state index >= 15 is 0 Å². The zero-order chi connectivity index (χ0) is 9.99.